The number of aromatic nitrogens is 3. The van der Waals surface area contributed by atoms with Crippen LogP contribution in [0.4, 0.5) is 0 Å². The van der Waals surface area contributed by atoms with E-state index >= 15 is 0 Å². The van der Waals surface area contributed by atoms with Gasteiger partial charge in [-0.15, -0.1) is 0 Å². The van der Waals surface area contributed by atoms with E-state index in [9.17, 15) is 9.59 Å². The van der Waals surface area contributed by atoms with Gasteiger partial charge < -0.3 is 14.4 Å². The smallest absolute Gasteiger partial charge is 0.259 e. The fourth-order valence-electron chi connectivity index (χ4n) is 2.76. The van der Waals surface area contributed by atoms with Gasteiger partial charge in [-0.1, -0.05) is 35.5 Å². The van der Waals surface area contributed by atoms with Crippen LogP contribution in [0.15, 0.2) is 64.1 Å². The molecule has 2 aromatic heterocycles. The van der Waals surface area contributed by atoms with Gasteiger partial charge in [0.15, 0.2) is 0 Å². The highest BCUT2D eigenvalue weighted by Crippen LogP contribution is 2.27. The van der Waals surface area contributed by atoms with E-state index in [0.717, 1.165) is 5.56 Å². The molecule has 0 radical (unpaired) electrons. The molecule has 1 amide bonds. The molecule has 3 heterocycles. The van der Waals surface area contributed by atoms with E-state index in [1.165, 1.54) is 0 Å². The lowest BCUT2D eigenvalue weighted by molar-refractivity contribution is -0.130. The maximum atomic E-state index is 12.2. The molecule has 4 rings (SSSR count). The summed E-state index contributed by atoms with van der Waals surface area (Å²) in [5.74, 6) is 0.646. The quantitative estimate of drug-likeness (QED) is 0.729. The Balaban J connectivity index is 1.38. The number of carbonyl (C=O) groups excluding carboxylic acids is 1. The Morgan fingerprint density at radius 2 is 2.00 bits per heavy atom. The number of hydrogen-bond acceptors (Lipinski definition) is 5. The summed E-state index contributed by atoms with van der Waals surface area (Å²) < 4.78 is 5.27. The Kier molecular flexibility index (Phi) is 4.18. The standard InChI is InChI=1S/C19H16N4O3/c24-16(9-8-13-5-2-1-3-6-13)23-11-14(12-23)19-21-17(22-26-19)15-7-4-10-20-18(15)25/h1-10,14H,11-12H2,(H,20,25)/b9-8+. The van der Waals surface area contributed by atoms with Crippen LogP contribution in [0.25, 0.3) is 17.5 Å². The van der Waals surface area contributed by atoms with Gasteiger partial charge in [0.1, 0.15) is 0 Å². The molecule has 1 aliphatic heterocycles. The van der Waals surface area contributed by atoms with Crippen LogP contribution in [-0.4, -0.2) is 39.0 Å². The van der Waals surface area contributed by atoms with Crippen molar-refractivity contribution >= 4 is 12.0 Å². The highest BCUT2D eigenvalue weighted by molar-refractivity contribution is 5.92. The van der Waals surface area contributed by atoms with Gasteiger partial charge in [-0.3, -0.25) is 9.59 Å². The number of carbonyl (C=O) groups is 1. The van der Waals surface area contributed by atoms with Gasteiger partial charge in [-0.2, -0.15) is 4.98 Å². The molecule has 0 saturated carbocycles. The molecule has 1 fully saturated rings. The highest BCUT2D eigenvalue weighted by Gasteiger charge is 2.34. The number of pyridine rings is 1. The van der Waals surface area contributed by atoms with Crippen molar-refractivity contribution in [3.8, 4) is 11.4 Å². The Hall–Kier alpha value is -3.48. The van der Waals surface area contributed by atoms with E-state index in [4.69, 9.17) is 4.52 Å². The van der Waals surface area contributed by atoms with Gasteiger partial charge in [-0.25, -0.2) is 0 Å². The number of nitrogens with one attached hydrogen (secondary N) is 1. The molecule has 7 heteroatoms. The van der Waals surface area contributed by atoms with Crippen molar-refractivity contribution in [2.24, 2.45) is 0 Å². The van der Waals surface area contributed by atoms with E-state index in [2.05, 4.69) is 15.1 Å². The largest absolute Gasteiger partial charge is 0.339 e. The first-order valence-corrected chi connectivity index (χ1v) is 8.24. The molecular formula is C19H16N4O3. The zero-order valence-corrected chi connectivity index (χ0v) is 13.8. The average Bonchev–Trinajstić information content (AvgIpc) is 3.09. The van der Waals surface area contributed by atoms with E-state index in [-0.39, 0.29) is 23.2 Å². The summed E-state index contributed by atoms with van der Waals surface area (Å²) in [6, 6.07) is 13.0. The van der Waals surface area contributed by atoms with Gasteiger partial charge in [0.05, 0.1) is 11.5 Å². The molecule has 7 nitrogen and oxygen atoms in total. The number of benzene rings is 1. The van der Waals surface area contributed by atoms with Crippen LogP contribution in [0, 0.1) is 0 Å². The number of nitrogens with zero attached hydrogens (tertiary/aromatic N) is 3. The van der Waals surface area contributed by atoms with Gasteiger partial charge in [0.2, 0.25) is 17.6 Å². The second-order valence-corrected chi connectivity index (χ2v) is 6.05. The van der Waals surface area contributed by atoms with Crippen LogP contribution >= 0.6 is 0 Å². The van der Waals surface area contributed by atoms with Gasteiger partial charge >= 0.3 is 0 Å². The summed E-state index contributed by atoms with van der Waals surface area (Å²) in [5.41, 5.74) is 1.07. The van der Waals surface area contributed by atoms with Gasteiger partial charge in [-0.05, 0) is 23.8 Å². The molecule has 130 valence electrons. The SMILES string of the molecule is O=C(/C=C/c1ccccc1)N1CC(c2nc(-c3ccc[nH]c3=O)no2)C1. The maximum absolute atomic E-state index is 12.2. The van der Waals surface area contributed by atoms with Crippen LogP contribution in [0.2, 0.25) is 0 Å². The molecule has 1 aliphatic rings. The predicted molar refractivity (Wildman–Crippen MR) is 95.2 cm³/mol. The molecule has 1 aromatic carbocycles. The summed E-state index contributed by atoms with van der Waals surface area (Å²) in [6.07, 6.45) is 4.90. The first kappa shape index (κ1) is 16.0. The highest BCUT2D eigenvalue weighted by atomic mass is 16.5. The molecule has 0 unspecified atom stereocenters. The third-order valence-electron chi connectivity index (χ3n) is 4.26. The second kappa shape index (κ2) is 6.79. The molecular weight excluding hydrogens is 332 g/mol. The van der Waals surface area contributed by atoms with Crippen LogP contribution < -0.4 is 5.56 Å². The van der Waals surface area contributed by atoms with Crippen molar-refractivity contribution in [1.82, 2.24) is 20.0 Å². The lowest BCUT2D eigenvalue weighted by Crippen LogP contribution is -2.47. The topological polar surface area (TPSA) is 92.1 Å². The van der Waals surface area contributed by atoms with E-state index in [1.807, 2.05) is 30.3 Å². The second-order valence-electron chi connectivity index (χ2n) is 6.05. The Labute approximate surface area is 149 Å². The summed E-state index contributed by atoms with van der Waals surface area (Å²) in [6.45, 7) is 1.04. The minimum absolute atomic E-state index is 0.00637. The Bertz CT molecular complexity index is 1000. The molecule has 0 atom stereocenters. The number of hydrogen-bond donors (Lipinski definition) is 1. The molecule has 0 aliphatic carbocycles. The molecule has 3 aromatic rings. The van der Waals surface area contributed by atoms with E-state index in [1.54, 1.807) is 35.4 Å². The molecule has 0 spiro atoms. The third kappa shape index (κ3) is 3.19. The van der Waals surface area contributed by atoms with Crippen molar-refractivity contribution in [2.75, 3.05) is 13.1 Å². The summed E-state index contributed by atoms with van der Waals surface area (Å²) in [4.78, 5) is 32.5. The Morgan fingerprint density at radius 3 is 2.77 bits per heavy atom. The van der Waals surface area contributed by atoms with Crippen LogP contribution in [-0.2, 0) is 4.79 Å². The van der Waals surface area contributed by atoms with Crippen molar-refractivity contribution in [3.63, 3.8) is 0 Å². The number of amides is 1. The first-order chi connectivity index (χ1) is 12.7. The van der Waals surface area contributed by atoms with Crippen molar-refractivity contribution in [3.05, 3.63) is 76.5 Å². The van der Waals surface area contributed by atoms with Crippen molar-refractivity contribution in [2.45, 2.75) is 5.92 Å². The average molecular weight is 348 g/mol. The van der Waals surface area contributed by atoms with E-state index in [0.29, 0.717) is 24.5 Å². The number of rotatable bonds is 4. The lowest BCUT2D eigenvalue weighted by Gasteiger charge is -2.36. The monoisotopic (exact) mass is 348 g/mol. The van der Waals surface area contributed by atoms with Crippen molar-refractivity contribution < 1.29 is 9.32 Å². The lowest BCUT2D eigenvalue weighted by atomic mass is 10.00. The minimum Gasteiger partial charge on any atom is -0.339 e. The summed E-state index contributed by atoms with van der Waals surface area (Å²) in [5, 5.41) is 3.87. The molecule has 0 bridgehead atoms. The predicted octanol–water partition coefficient (Wildman–Crippen LogP) is 2.06. The maximum Gasteiger partial charge on any atom is 0.259 e. The number of aromatic amines is 1. The molecule has 1 N–H and O–H groups in total. The number of H-pyrrole nitrogens is 1. The summed E-state index contributed by atoms with van der Waals surface area (Å²) >= 11 is 0. The zero-order valence-electron chi connectivity index (χ0n) is 13.8. The fourth-order valence-corrected chi connectivity index (χ4v) is 2.76. The molecule has 1 saturated heterocycles. The minimum atomic E-state index is -0.267. The molecule has 26 heavy (non-hydrogen) atoms. The van der Waals surface area contributed by atoms with Crippen LogP contribution in [0.1, 0.15) is 17.4 Å². The van der Waals surface area contributed by atoms with Gasteiger partial charge in [0.25, 0.3) is 5.56 Å². The first-order valence-electron chi connectivity index (χ1n) is 8.24. The summed E-state index contributed by atoms with van der Waals surface area (Å²) in [7, 11) is 0. The Morgan fingerprint density at radius 1 is 1.19 bits per heavy atom. The third-order valence-corrected chi connectivity index (χ3v) is 4.26. The van der Waals surface area contributed by atoms with Crippen molar-refractivity contribution in [1.29, 1.82) is 0 Å². The van der Waals surface area contributed by atoms with Crippen LogP contribution in [0.3, 0.4) is 0 Å². The van der Waals surface area contributed by atoms with E-state index < -0.39 is 0 Å². The fraction of sp³-hybridized carbons (Fsp3) is 0.158. The van der Waals surface area contributed by atoms with Crippen LogP contribution in [0.5, 0.6) is 0 Å². The normalized spacial score (nSPS) is 14.5. The zero-order chi connectivity index (χ0) is 17.9. The number of likely N-dealkylation sites (tertiary alicyclic amines) is 1. The van der Waals surface area contributed by atoms with Gasteiger partial charge in [0, 0.05) is 25.4 Å².